The lowest BCUT2D eigenvalue weighted by molar-refractivity contribution is -0.140. The number of terminal acetylenes is 1. The fraction of sp³-hybridized carbons (Fsp3) is 0.330. The van der Waals surface area contributed by atoms with Crippen molar-refractivity contribution in [3.63, 3.8) is 0 Å². The summed E-state index contributed by atoms with van der Waals surface area (Å²) in [5.74, 6) is 12.9. The molecule has 20 heteroatoms. The third-order valence-corrected chi connectivity index (χ3v) is 17.8. The van der Waals surface area contributed by atoms with E-state index >= 15 is 0 Å². The number of esters is 2. The number of hydrogen-bond acceptors (Lipinski definition) is 17. The van der Waals surface area contributed by atoms with Gasteiger partial charge >= 0.3 is 17.9 Å². The Hall–Kier alpha value is -9.91. The molecule has 0 spiro atoms. The molecule has 4 saturated heterocycles. The summed E-state index contributed by atoms with van der Waals surface area (Å²) in [4.78, 5) is 63.7. The highest BCUT2D eigenvalue weighted by Crippen LogP contribution is 2.20. The molecule has 0 amide bonds. The number of allylic oxidation sites excluding steroid dienone is 2. The minimum Gasteiger partial charge on any atom is -0.478 e. The Bertz CT molecular complexity index is 4330. The lowest BCUT2D eigenvalue weighted by Gasteiger charge is -2.26. The van der Waals surface area contributed by atoms with E-state index in [1.54, 1.807) is 72.8 Å². The number of carboxylic acid groups (broad SMARTS) is 1. The number of ether oxygens (including phenoxy) is 8. The van der Waals surface area contributed by atoms with Crippen molar-refractivity contribution in [2.45, 2.75) is 83.4 Å². The van der Waals surface area contributed by atoms with Gasteiger partial charge in [0, 0.05) is 125 Å². The van der Waals surface area contributed by atoms with Crippen molar-refractivity contribution in [3.8, 4) is 36.0 Å². The second-order valence-corrected chi connectivity index (χ2v) is 26.0. The van der Waals surface area contributed by atoms with Gasteiger partial charge < -0.3 is 43.0 Å². The van der Waals surface area contributed by atoms with Crippen molar-refractivity contribution < 1.29 is 67.0 Å². The van der Waals surface area contributed by atoms with E-state index in [1.807, 2.05) is 90.8 Å². The monoisotopic (exact) mass is 1720 g/mol. The zero-order valence-electron chi connectivity index (χ0n) is 64.2. The van der Waals surface area contributed by atoms with E-state index in [0.717, 1.165) is 183 Å². The second kappa shape index (κ2) is 62.3. The number of carboxylic acids is 1. The maximum Gasteiger partial charge on any atom is 0.337 e. The summed E-state index contributed by atoms with van der Waals surface area (Å²) in [6, 6.07) is 61.0. The Balaban J connectivity index is 0.000000712. The number of aromatic carboxylic acids is 1. The minimum absolute atomic E-state index is 0. The standard InChI is InChI=1S/C23H23NO3.C22H21NO3.C13H16INO.C12H15NO2.C12H16O3.C10H8O2.5CH4.H2S/c1-26-23(25)22-12-10-20(11-13-22)5-3-2-4-19-6-8-21(9-7-19)18-24-14-16-27-17-15-24;24-22(25)21-11-9-19(10-12-21)4-2-1-3-18-5-7-20(8-6-18)17-23-13-15-26-16-14-23;14-6-5-12-1-3-13(4-2-12)11-15-7-9-16-10-8-15;14-10-12-3-1-11(2-4-12)9-13-5-7-15-8-6-13;1-3-14-12(15-4-2)11-7-5-10(9-13)6-8-11;1-3-8-4-6-9(7-5-8)10(11)12-2;;;;;;/h2,4,6-13H,14-18H2,1H3;1,3,5-12H,13-17H2,(H,24,25);1-6H,7-11H2;1-4,10H,5-9H2;5-9,12H,3-4H2,1-2H3;1,4-7H,2H3;5*1H4;1H2/b4-2+;3-1+;6-5+;;;;;;;;;. The number of aldehydes is 2. The maximum atomic E-state index is 11.4. The van der Waals surface area contributed by atoms with E-state index in [2.05, 4.69) is 160 Å². The number of carbonyl (C=O) groups is 5. The van der Waals surface area contributed by atoms with E-state index in [4.69, 9.17) is 40.0 Å². The van der Waals surface area contributed by atoms with Gasteiger partial charge in [-0.15, -0.1) is 6.42 Å². The molecule has 4 fully saturated rings. The Morgan fingerprint density at radius 2 is 0.692 bits per heavy atom. The zero-order chi connectivity index (χ0) is 78.9. The molecule has 0 bridgehead atoms. The quantitative estimate of drug-likeness (QED) is 0.0234. The van der Waals surface area contributed by atoms with Gasteiger partial charge in [-0.25, -0.2) is 14.4 Å². The molecule has 626 valence electrons. The van der Waals surface area contributed by atoms with E-state index in [0.29, 0.717) is 29.9 Å². The summed E-state index contributed by atoms with van der Waals surface area (Å²) in [5, 5.41) is 8.87. The van der Waals surface area contributed by atoms with Crippen LogP contribution in [0, 0.1) is 36.0 Å². The van der Waals surface area contributed by atoms with E-state index in [-0.39, 0.29) is 74.4 Å². The first-order chi connectivity index (χ1) is 54.3. The van der Waals surface area contributed by atoms with Crippen LogP contribution in [0.5, 0.6) is 0 Å². The molecule has 12 rings (SSSR count). The molecule has 8 aromatic rings. The molecule has 4 heterocycles. The Kier molecular flexibility index (Phi) is 56.0. The lowest BCUT2D eigenvalue weighted by atomic mass is 10.1. The van der Waals surface area contributed by atoms with Crippen LogP contribution in [-0.2, 0) is 64.1 Å². The fourth-order valence-electron chi connectivity index (χ4n) is 11.2. The third-order valence-electron chi connectivity index (χ3n) is 17.4. The van der Waals surface area contributed by atoms with Gasteiger partial charge in [0.1, 0.15) is 12.6 Å². The van der Waals surface area contributed by atoms with Crippen LogP contribution in [0.25, 0.3) is 18.2 Å². The predicted molar refractivity (Wildman–Crippen MR) is 489 cm³/mol. The van der Waals surface area contributed by atoms with Gasteiger partial charge in [0.05, 0.1) is 83.8 Å². The highest BCUT2D eigenvalue weighted by molar-refractivity contribution is 14.1. The smallest absolute Gasteiger partial charge is 0.337 e. The molecule has 117 heavy (non-hydrogen) atoms. The number of hydrogen-bond donors (Lipinski definition) is 1. The molecular weight excluding hydrogens is 1600 g/mol. The summed E-state index contributed by atoms with van der Waals surface area (Å²) < 4.78 is 43.5. The summed E-state index contributed by atoms with van der Waals surface area (Å²) in [7, 11) is 2.72. The van der Waals surface area contributed by atoms with Crippen LogP contribution in [0.4, 0.5) is 0 Å². The maximum absolute atomic E-state index is 11.4. The van der Waals surface area contributed by atoms with Crippen molar-refractivity contribution >= 4 is 84.8 Å². The van der Waals surface area contributed by atoms with Crippen molar-refractivity contribution in [1.82, 2.24) is 19.6 Å². The third kappa shape index (κ3) is 41.2. The molecule has 0 aromatic heterocycles. The zero-order valence-corrected chi connectivity index (χ0v) is 67.4. The summed E-state index contributed by atoms with van der Waals surface area (Å²) in [5.41, 5.74) is 14.8. The van der Waals surface area contributed by atoms with Gasteiger partial charge in [0.25, 0.3) is 0 Å². The number of methoxy groups -OCH3 is 2. The number of halogens is 1. The first-order valence-corrected chi connectivity index (χ1v) is 38.1. The molecular formula is C97H121IN4O14S. The van der Waals surface area contributed by atoms with Crippen LogP contribution in [-0.4, -0.2) is 188 Å². The van der Waals surface area contributed by atoms with Crippen LogP contribution in [0.2, 0.25) is 0 Å². The highest BCUT2D eigenvalue weighted by atomic mass is 127. The Morgan fingerprint density at radius 1 is 0.419 bits per heavy atom. The summed E-state index contributed by atoms with van der Waals surface area (Å²) in [6.07, 6.45) is 16.2. The lowest BCUT2D eigenvalue weighted by Crippen LogP contribution is -2.35. The number of carbonyl (C=O) groups excluding carboxylic acids is 4. The minimum atomic E-state index is -0.929. The Morgan fingerprint density at radius 3 is 0.957 bits per heavy atom. The van der Waals surface area contributed by atoms with Crippen molar-refractivity contribution in [3.05, 3.63) is 299 Å². The van der Waals surface area contributed by atoms with E-state index < -0.39 is 5.97 Å². The van der Waals surface area contributed by atoms with Crippen LogP contribution in [0.15, 0.2) is 210 Å². The fourth-order valence-corrected chi connectivity index (χ4v) is 11.6. The van der Waals surface area contributed by atoms with Gasteiger partial charge in [0.2, 0.25) is 0 Å². The summed E-state index contributed by atoms with van der Waals surface area (Å²) >= 11 is 2.24. The topological polar surface area (TPSA) is 192 Å². The molecule has 8 aromatic carbocycles. The van der Waals surface area contributed by atoms with Crippen molar-refractivity contribution in [2.75, 3.05) is 133 Å². The number of morpholine rings is 4. The molecule has 1 N–H and O–H groups in total. The average Bonchev–Trinajstić information content (AvgIpc) is 0.901. The van der Waals surface area contributed by atoms with Crippen LogP contribution >= 0.6 is 36.1 Å². The molecule has 0 radical (unpaired) electrons. The Labute approximate surface area is 718 Å². The largest absolute Gasteiger partial charge is 0.478 e. The molecule has 0 saturated carbocycles. The van der Waals surface area contributed by atoms with Gasteiger partial charge in [-0.2, -0.15) is 13.5 Å². The van der Waals surface area contributed by atoms with Gasteiger partial charge in [-0.1, -0.05) is 211 Å². The van der Waals surface area contributed by atoms with Crippen LogP contribution in [0.3, 0.4) is 0 Å². The van der Waals surface area contributed by atoms with Crippen molar-refractivity contribution in [2.24, 2.45) is 0 Å². The van der Waals surface area contributed by atoms with Gasteiger partial charge in [-0.3, -0.25) is 29.2 Å². The average molecular weight is 1730 g/mol. The first-order valence-electron chi connectivity index (χ1n) is 36.9. The molecule has 0 aliphatic carbocycles. The van der Waals surface area contributed by atoms with Crippen LogP contribution in [0.1, 0.15) is 170 Å². The predicted octanol–water partition coefficient (Wildman–Crippen LogP) is 18.2. The molecule has 18 nitrogen and oxygen atoms in total. The second-order valence-electron chi connectivity index (χ2n) is 25.3. The van der Waals surface area contributed by atoms with Gasteiger partial charge in [0.15, 0.2) is 6.29 Å². The SMILES string of the molecule is C.C.C.C.C.C#Cc1ccc(C(=O)OC)cc1.CCOC(OCC)c1ccc(C=O)cc1.COC(=O)c1ccc(C#C/C=C/c2ccc(CN3CCOCC3)cc2)cc1.I/C=C/c1ccc(CN2CCOCC2)cc1.O=C(O)c1ccc(C#C/C=C/c2ccc(CN3CCOCC3)cc2)cc1.O=Cc1ccc(CN2CCOCC2)cc1.S. The molecule has 0 unspecified atom stereocenters. The summed E-state index contributed by atoms with van der Waals surface area (Å²) in [6.45, 7) is 23.7. The van der Waals surface area contributed by atoms with Crippen LogP contribution < -0.4 is 0 Å². The normalized spacial score (nSPS) is 13.6. The highest BCUT2D eigenvalue weighted by Gasteiger charge is 2.16. The number of rotatable bonds is 21. The first kappa shape index (κ1) is 105. The van der Waals surface area contributed by atoms with Crippen molar-refractivity contribution in [1.29, 1.82) is 0 Å². The number of benzene rings is 8. The number of nitrogens with zero attached hydrogens (tertiary/aromatic N) is 4. The van der Waals surface area contributed by atoms with E-state index in [9.17, 15) is 24.0 Å². The molecule has 4 aliphatic rings. The van der Waals surface area contributed by atoms with Gasteiger partial charge in [-0.05, 0) is 160 Å². The molecule has 0 atom stereocenters. The van der Waals surface area contributed by atoms with E-state index in [1.165, 1.54) is 42.0 Å². The molecule has 4 aliphatic heterocycles.